The summed E-state index contributed by atoms with van der Waals surface area (Å²) in [5.41, 5.74) is 1.55. The van der Waals surface area contributed by atoms with Crippen LogP contribution in [-0.4, -0.2) is 58.3 Å². The van der Waals surface area contributed by atoms with Crippen molar-refractivity contribution in [2.24, 2.45) is 11.8 Å². The third-order valence-electron chi connectivity index (χ3n) is 5.71. The third-order valence-corrected chi connectivity index (χ3v) is 6.39. The fourth-order valence-electron chi connectivity index (χ4n) is 4.08. The number of carbonyl (C=O) groups is 2. The van der Waals surface area contributed by atoms with Crippen LogP contribution in [0.1, 0.15) is 25.1 Å². The van der Waals surface area contributed by atoms with E-state index in [4.69, 9.17) is 0 Å². The number of nitrogens with one attached hydrogen (secondary N) is 1. The Morgan fingerprint density at radius 1 is 1.32 bits per heavy atom. The van der Waals surface area contributed by atoms with Gasteiger partial charge in [0.2, 0.25) is 11.8 Å². The fourth-order valence-corrected chi connectivity index (χ4v) is 4.73. The minimum absolute atomic E-state index is 0.0498. The van der Waals surface area contributed by atoms with Crippen molar-refractivity contribution in [3.63, 3.8) is 0 Å². The first kappa shape index (κ1) is 18.9. The van der Waals surface area contributed by atoms with Crippen LogP contribution in [0.3, 0.4) is 0 Å². The van der Waals surface area contributed by atoms with E-state index in [0.29, 0.717) is 49.9 Å². The molecule has 2 saturated heterocycles. The Kier molecular flexibility index (Phi) is 5.30. The van der Waals surface area contributed by atoms with E-state index in [1.165, 1.54) is 6.07 Å². The average molecular weight is 401 g/mol. The monoisotopic (exact) mass is 400 g/mol. The largest absolute Gasteiger partial charge is 0.345 e. The van der Waals surface area contributed by atoms with E-state index in [0.717, 1.165) is 18.4 Å². The Labute approximate surface area is 167 Å². The van der Waals surface area contributed by atoms with E-state index in [2.05, 4.69) is 9.97 Å². The highest BCUT2D eigenvalue weighted by Gasteiger charge is 2.35. The highest BCUT2D eigenvalue weighted by Crippen LogP contribution is 2.25. The molecule has 2 aromatic heterocycles. The molecule has 0 aliphatic carbocycles. The zero-order chi connectivity index (χ0) is 19.7. The molecule has 0 spiro atoms. The van der Waals surface area contributed by atoms with Gasteiger partial charge in [-0.1, -0.05) is 0 Å². The third kappa shape index (κ3) is 4.01. The summed E-state index contributed by atoms with van der Waals surface area (Å²) in [6.07, 6.45) is 2.80. The summed E-state index contributed by atoms with van der Waals surface area (Å²) >= 11 is 1.58. The van der Waals surface area contributed by atoms with Crippen LogP contribution in [-0.2, 0) is 16.0 Å². The Morgan fingerprint density at radius 3 is 2.75 bits per heavy atom. The number of carbonyl (C=O) groups excluding carboxylic acids is 2. The van der Waals surface area contributed by atoms with Crippen molar-refractivity contribution in [1.29, 1.82) is 0 Å². The van der Waals surface area contributed by atoms with Gasteiger partial charge in [-0.3, -0.25) is 14.4 Å². The first-order chi connectivity index (χ1) is 13.5. The number of likely N-dealkylation sites (tertiary alicyclic amines) is 2. The van der Waals surface area contributed by atoms with Crippen LogP contribution in [0.2, 0.25) is 0 Å². The maximum atomic E-state index is 12.7. The fraction of sp³-hybridized carbons (Fsp3) is 0.500. The molecule has 2 amide bonds. The molecule has 2 fully saturated rings. The lowest BCUT2D eigenvalue weighted by atomic mass is 9.92. The van der Waals surface area contributed by atoms with Gasteiger partial charge in [-0.05, 0) is 30.2 Å². The Morgan fingerprint density at radius 2 is 2.11 bits per heavy atom. The number of nitrogens with zero attached hydrogens (tertiary/aromatic N) is 3. The van der Waals surface area contributed by atoms with E-state index in [-0.39, 0.29) is 23.3 Å². The zero-order valence-corrected chi connectivity index (χ0v) is 16.7. The Hall–Kier alpha value is -2.48. The lowest BCUT2D eigenvalue weighted by Gasteiger charge is -2.33. The van der Waals surface area contributed by atoms with Crippen LogP contribution >= 0.6 is 11.3 Å². The van der Waals surface area contributed by atoms with Crippen LogP contribution in [0.4, 0.5) is 0 Å². The number of H-pyrrole nitrogens is 1. The van der Waals surface area contributed by atoms with Crippen LogP contribution in [0.15, 0.2) is 27.7 Å². The van der Waals surface area contributed by atoms with Gasteiger partial charge in [0, 0.05) is 56.5 Å². The van der Waals surface area contributed by atoms with Gasteiger partial charge in [0.25, 0.3) is 5.56 Å². The van der Waals surface area contributed by atoms with E-state index in [1.54, 1.807) is 23.3 Å². The highest BCUT2D eigenvalue weighted by molar-refractivity contribution is 7.08. The molecular weight excluding hydrogens is 376 g/mol. The van der Waals surface area contributed by atoms with Crippen molar-refractivity contribution >= 4 is 23.2 Å². The number of piperidine rings is 1. The van der Waals surface area contributed by atoms with E-state index in [9.17, 15) is 14.4 Å². The number of hydrogen-bond acceptors (Lipinski definition) is 5. The standard InChI is InChI=1S/C20H24N4O3S/c1-23-11-15(9-19(23)26)20(27)24-5-2-13(3-6-24)8-17-21-16(10-18(25)22-17)14-4-7-28-12-14/h4,7,10,12-13,15H,2-3,5-6,8-9,11H2,1H3,(H,21,22,25)/t15-/m0/s1. The SMILES string of the molecule is CN1C[C@@H](C(=O)N2CCC(Cc3nc(-c4ccsc4)cc(=O)[nH]3)CC2)CC1=O. The molecule has 2 aliphatic heterocycles. The maximum absolute atomic E-state index is 12.7. The number of aromatic nitrogens is 2. The van der Waals surface area contributed by atoms with Gasteiger partial charge in [0.1, 0.15) is 5.82 Å². The summed E-state index contributed by atoms with van der Waals surface area (Å²) in [5, 5.41) is 3.96. The molecule has 2 aromatic rings. The number of thiophene rings is 1. The lowest BCUT2D eigenvalue weighted by molar-refractivity contribution is -0.137. The Balaban J connectivity index is 1.35. The van der Waals surface area contributed by atoms with Gasteiger partial charge in [0.05, 0.1) is 11.6 Å². The van der Waals surface area contributed by atoms with Crippen LogP contribution in [0.5, 0.6) is 0 Å². The normalized spacial score (nSPS) is 20.8. The van der Waals surface area contributed by atoms with Crippen molar-refractivity contribution in [3.8, 4) is 11.3 Å². The van der Waals surface area contributed by atoms with Gasteiger partial charge in [0.15, 0.2) is 0 Å². The lowest BCUT2D eigenvalue weighted by Crippen LogP contribution is -2.42. The number of amides is 2. The predicted molar refractivity (Wildman–Crippen MR) is 107 cm³/mol. The van der Waals surface area contributed by atoms with E-state index < -0.39 is 0 Å². The molecule has 1 atom stereocenters. The summed E-state index contributed by atoms with van der Waals surface area (Å²) in [4.78, 5) is 47.4. The molecule has 0 radical (unpaired) electrons. The predicted octanol–water partition coefficient (Wildman–Crippen LogP) is 1.76. The van der Waals surface area contributed by atoms with Gasteiger partial charge < -0.3 is 14.8 Å². The summed E-state index contributed by atoms with van der Waals surface area (Å²) in [5.74, 6) is 1.05. The van der Waals surface area contributed by atoms with Gasteiger partial charge >= 0.3 is 0 Å². The Bertz CT molecular complexity index is 916. The summed E-state index contributed by atoms with van der Waals surface area (Å²) < 4.78 is 0. The summed E-state index contributed by atoms with van der Waals surface area (Å²) in [7, 11) is 1.75. The molecule has 0 aromatic carbocycles. The highest BCUT2D eigenvalue weighted by atomic mass is 32.1. The van der Waals surface area contributed by atoms with Crippen molar-refractivity contribution in [2.45, 2.75) is 25.7 Å². The second-order valence-electron chi connectivity index (χ2n) is 7.74. The molecule has 1 N–H and O–H groups in total. The molecule has 8 heteroatoms. The van der Waals surface area contributed by atoms with Gasteiger partial charge in [-0.25, -0.2) is 4.98 Å². The maximum Gasteiger partial charge on any atom is 0.251 e. The molecule has 4 heterocycles. The van der Waals surface area contributed by atoms with Crippen LogP contribution in [0.25, 0.3) is 11.3 Å². The minimum Gasteiger partial charge on any atom is -0.345 e. The molecule has 28 heavy (non-hydrogen) atoms. The quantitative estimate of drug-likeness (QED) is 0.847. The molecule has 0 saturated carbocycles. The smallest absolute Gasteiger partial charge is 0.251 e. The van der Waals surface area contributed by atoms with Crippen LogP contribution in [0, 0.1) is 11.8 Å². The zero-order valence-electron chi connectivity index (χ0n) is 15.9. The molecule has 0 bridgehead atoms. The van der Waals surface area contributed by atoms with Crippen molar-refractivity contribution < 1.29 is 9.59 Å². The number of aromatic amines is 1. The average Bonchev–Trinajstić information content (AvgIpc) is 3.32. The number of hydrogen-bond donors (Lipinski definition) is 1. The first-order valence-electron chi connectivity index (χ1n) is 9.65. The molecule has 0 unspecified atom stereocenters. The van der Waals surface area contributed by atoms with Gasteiger partial charge in [-0.15, -0.1) is 0 Å². The van der Waals surface area contributed by atoms with Crippen LogP contribution < -0.4 is 5.56 Å². The minimum atomic E-state index is -0.200. The van der Waals surface area contributed by atoms with E-state index >= 15 is 0 Å². The van der Waals surface area contributed by atoms with Crippen molar-refractivity contribution in [2.75, 3.05) is 26.7 Å². The van der Waals surface area contributed by atoms with E-state index in [1.807, 2.05) is 21.7 Å². The molecule has 2 aliphatic rings. The topological polar surface area (TPSA) is 86.4 Å². The molecule has 7 nitrogen and oxygen atoms in total. The number of rotatable bonds is 4. The first-order valence-corrected chi connectivity index (χ1v) is 10.6. The molecular formula is C20H24N4O3S. The molecule has 4 rings (SSSR count). The molecule has 148 valence electrons. The summed E-state index contributed by atoms with van der Waals surface area (Å²) in [6, 6.07) is 3.50. The van der Waals surface area contributed by atoms with Gasteiger partial charge in [-0.2, -0.15) is 11.3 Å². The van der Waals surface area contributed by atoms with Crippen molar-refractivity contribution in [1.82, 2.24) is 19.8 Å². The second kappa shape index (κ2) is 7.87. The van der Waals surface area contributed by atoms with Crippen molar-refractivity contribution in [3.05, 3.63) is 39.1 Å². The summed E-state index contributed by atoms with van der Waals surface area (Å²) in [6.45, 7) is 1.93. The second-order valence-corrected chi connectivity index (χ2v) is 8.52.